The van der Waals surface area contributed by atoms with Crippen molar-refractivity contribution in [1.29, 1.82) is 0 Å². The van der Waals surface area contributed by atoms with Crippen LogP contribution < -0.4 is 5.32 Å². The van der Waals surface area contributed by atoms with Crippen LogP contribution in [0.25, 0.3) is 0 Å². The van der Waals surface area contributed by atoms with Gasteiger partial charge in [-0.15, -0.1) is 0 Å². The average Bonchev–Trinajstić information content (AvgIpc) is 2.91. The first-order chi connectivity index (χ1) is 9.72. The fraction of sp³-hybridized carbons (Fsp3) is 0.706. The molecule has 1 N–H and O–H groups in total. The fourth-order valence-electron chi connectivity index (χ4n) is 3.89. The van der Waals surface area contributed by atoms with Crippen molar-refractivity contribution in [2.75, 3.05) is 13.1 Å². The van der Waals surface area contributed by atoms with E-state index in [0.29, 0.717) is 11.6 Å². The molecule has 3 rings (SSSR count). The molecule has 0 radical (unpaired) electrons. The van der Waals surface area contributed by atoms with E-state index in [1.54, 1.807) is 0 Å². The van der Waals surface area contributed by atoms with Gasteiger partial charge in [0.15, 0.2) is 0 Å². The smallest absolute Gasteiger partial charge is 0.0547 e. The van der Waals surface area contributed by atoms with Crippen molar-refractivity contribution in [3.63, 3.8) is 0 Å². The van der Waals surface area contributed by atoms with Gasteiger partial charge in [0.1, 0.15) is 0 Å². The van der Waals surface area contributed by atoms with E-state index in [2.05, 4.69) is 42.3 Å². The summed E-state index contributed by atoms with van der Waals surface area (Å²) in [7, 11) is 0. The first-order valence-corrected chi connectivity index (χ1v) is 8.13. The molecule has 0 bridgehead atoms. The molecule has 3 heteroatoms. The van der Waals surface area contributed by atoms with Gasteiger partial charge in [-0.1, -0.05) is 25.8 Å². The van der Waals surface area contributed by atoms with Crippen LogP contribution in [0.5, 0.6) is 0 Å². The van der Waals surface area contributed by atoms with E-state index >= 15 is 0 Å². The minimum Gasteiger partial charge on any atom is -0.311 e. The minimum absolute atomic E-state index is 0.400. The number of hydrogen-bond donors (Lipinski definition) is 1. The van der Waals surface area contributed by atoms with Gasteiger partial charge in [-0.05, 0) is 38.3 Å². The third-order valence-corrected chi connectivity index (χ3v) is 5.16. The first kappa shape index (κ1) is 14.0. The van der Waals surface area contributed by atoms with Gasteiger partial charge in [-0.2, -0.15) is 0 Å². The van der Waals surface area contributed by atoms with Crippen LogP contribution in [0.2, 0.25) is 0 Å². The Morgan fingerprint density at radius 2 is 2.15 bits per heavy atom. The molecule has 1 unspecified atom stereocenters. The number of rotatable bonds is 3. The highest BCUT2D eigenvalue weighted by atomic mass is 15.3. The largest absolute Gasteiger partial charge is 0.311 e. The summed E-state index contributed by atoms with van der Waals surface area (Å²) in [5, 5.41) is 3.77. The standard InChI is InChI=1S/C17H27N3/c1-3-15-11-20(12-16-8-6-7-14(2)19-16)17(13-18-15)9-4-5-10-17/h6-8,15,18H,3-5,9-13H2,1-2H3. The van der Waals surface area contributed by atoms with E-state index in [9.17, 15) is 0 Å². The molecule has 1 saturated carbocycles. The highest BCUT2D eigenvalue weighted by Crippen LogP contribution is 2.37. The predicted molar refractivity (Wildman–Crippen MR) is 82.7 cm³/mol. The number of nitrogens with zero attached hydrogens (tertiary/aromatic N) is 2. The number of aromatic nitrogens is 1. The molecule has 3 nitrogen and oxygen atoms in total. The van der Waals surface area contributed by atoms with E-state index in [0.717, 1.165) is 18.8 Å². The van der Waals surface area contributed by atoms with Crippen molar-refractivity contribution < 1.29 is 0 Å². The molecular weight excluding hydrogens is 246 g/mol. The molecule has 0 amide bonds. The highest BCUT2D eigenvalue weighted by molar-refractivity contribution is 5.12. The third-order valence-electron chi connectivity index (χ3n) is 5.16. The zero-order chi connectivity index (χ0) is 14.0. The Balaban J connectivity index is 1.79. The molecular formula is C17H27N3. The second-order valence-corrected chi connectivity index (χ2v) is 6.57. The molecule has 2 aliphatic rings. The quantitative estimate of drug-likeness (QED) is 0.918. The fourth-order valence-corrected chi connectivity index (χ4v) is 3.89. The molecule has 0 aromatic carbocycles. The van der Waals surface area contributed by atoms with Crippen LogP contribution >= 0.6 is 0 Å². The van der Waals surface area contributed by atoms with Crippen molar-refractivity contribution in [3.05, 3.63) is 29.6 Å². The predicted octanol–water partition coefficient (Wildman–Crippen LogP) is 2.89. The zero-order valence-electron chi connectivity index (χ0n) is 12.9. The van der Waals surface area contributed by atoms with E-state index in [-0.39, 0.29) is 0 Å². The number of hydrogen-bond acceptors (Lipinski definition) is 3. The van der Waals surface area contributed by atoms with Crippen molar-refractivity contribution in [1.82, 2.24) is 15.2 Å². The molecule has 1 atom stereocenters. The molecule has 20 heavy (non-hydrogen) atoms. The number of pyridine rings is 1. The van der Waals surface area contributed by atoms with Gasteiger partial charge in [0.2, 0.25) is 0 Å². The van der Waals surface area contributed by atoms with Crippen LogP contribution in [0.1, 0.15) is 50.4 Å². The van der Waals surface area contributed by atoms with E-state index in [1.165, 1.54) is 44.3 Å². The normalized spacial score (nSPS) is 26.2. The van der Waals surface area contributed by atoms with Crippen LogP contribution in [-0.2, 0) is 6.54 Å². The van der Waals surface area contributed by atoms with Gasteiger partial charge >= 0.3 is 0 Å². The molecule has 1 saturated heterocycles. The lowest BCUT2D eigenvalue weighted by Crippen LogP contribution is -2.63. The number of aryl methyl sites for hydroxylation is 1. The van der Waals surface area contributed by atoms with E-state index in [1.807, 2.05) is 0 Å². The highest BCUT2D eigenvalue weighted by Gasteiger charge is 2.43. The van der Waals surface area contributed by atoms with Crippen LogP contribution in [0.4, 0.5) is 0 Å². The Morgan fingerprint density at radius 3 is 2.85 bits per heavy atom. The van der Waals surface area contributed by atoms with Gasteiger partial charge in [-0.25, -0.2) is 0 Å². The van der Waals surface area contributed by atoms with Crippen LogP contribution in [0.15, 0.2) is 18.2 Å². The summed E-state index contributed by atoms with van der Waals surface area (Å²) in [4.78, 5) is 7.44. The molecule has 1 spiro atoms. The number of piperazine rings is 1. The van der Waals surface area contributed by atoms with Gasteiger partial charge in [-0.3, -0.25) is 9.88 Å². The third kappa shape index (κ3) is 2.75. The molecule has 2 fully saturated rings. The Labute approximate surface area is 122 Å². The first-order valence-electron chi connectivity index (χ1n) is 8.13. The summed E-state index contributed by atoms with van der Waals surface area (Å²) in [6, 6.07) is 7.05. The minimum atomic E-state index is 0.400. The topological polar surface area (TPSA) is 28.2 Å². The Morgan fingerprint density at radius 1 is 1.35 bits per heavy atom. The summed E-state index contributed by atoms with van der Waals surface area (Å²) in [5.74, 6) is 0. The Hall–Kier alpha value is -0.930. The lowest BCUT2D eigenvalue weighted by Gasteiger charge is -2.48. The lowest BCUT2D eigenvalue weighted by molar-refractivity contribution is 0.0338. The second kappa shape index (κ2) is 5.82. The maximum absolute atomic E-state index is 4.71. The monoisotopic (exact) mass is 273 g/mol. The zero-order valence-corrected chi connectivity index (χ0v) is 12.9. The summed E-state index contributed by atoms with van der Waals surface area (Å²) in [5.41, 5.74) is 2.76. The van der Waals surface area contributed by atoms with E-state index in [4.69, 9.17) is 4.98 Å². The SMILES string of the molecule is CCC1CN(Cc2cccc(C)n2)C2(CCCC2)CN1. The summed E-state index contributed by atoms with van der Waals surface area (Å²) >= 11 is 0. The number of nitrogens with one attached hydrogen (secondary N) is 1. The van der Waals surface area contributed by atoms with E-state index < -0.39 is 0 Å². The van der Waals surface area contributed by atoms with Crippen molar-refractivity contribution in [2.24, 2.45) is 0 Å². The molecule has 1 aliphatic carbocycles. The lowest BCUT2D eigenvalue weighted by atomic mass is 9.90. The molecule has 2 heterocycles. The molecule has 110 valence electrons. The van der Waals surface area contributed by atoms with Gasteiger partial charge in [0.25, 0.3) is 0 Å². The Bertz CT molecular complexity index is 451. The van der Waals surface area contributed by atoms with Crippen LogP contribution in [0, 0.1) is 6.92 Å². The van der Waals surface area contributed by atoms with Crippen LogP contribution in [0.3, 0.4) is 0 Å². The van der Waals surface area contributed by atoms with Crippen LogP contribution in [-0.4, -0.2) is 34.6 Å². The van der Waals surface area contributed by atoms with Crippen molar-refractivity contribution >= 4 is 0 Å². The second-order valence-electron chi connectivity index (χ2n) is 6.57. The maximum Gasteiger partial charge on any atom is 0.0547 e. The van der Waals surface area contributed by atoms with Crippen molar-refractivity contribution in [2.45, 2.75) is 64.1 Å². The Kier molecular flexibility index (Phi) is 4.08. The molecule has 1 aromatic heterocycles. The van der Waals surface area contributed by atoms with Crippen molar-refractivity contribution in [3.8, 4) is 0 Å². The molecule has 1 aromatic rings. The molecule has 1 aliphatic heterocycles. The maximum atomic E-state index is 4.71. The average molecular weight is 273 g/mol. The summed E-state index contributed by atoms with van der Waals surface area (Å²) in [6.07, 6.45) is 6.69. The summed E-state index contributed by atoms with van der Waals surface area (Å²) in [6.45, 7) is 7.72. The van der Waals surface area contributed by atoms with Gasteiger partial charge in [0, 0.05) is 36.9 Å². The summed E-state index contributed by atoms with van der Waals surface area (Å²) < 4.78 is 0. The van der Waals surface area contributed by atoms with Gasteiger partial charge < -0.3 is 5.32 Å². The van der Waals surface area contributed by atoms with Gasteiger partial charge in [0.05, 0.1) is 5.69 Å².